The zero-order chi connectivity index (χ0) is 22.1. The fourth-order valence-corrected chi connectivity index (χ4v) is 3.20. The van der Waals surface area contributed by atoms with Gasteiger partial charge >= 0.3 is 5.97 Å². The van der Waals surface area contributed by atoms with Crippen LogP contribution in [-0.4, -0.2) is 59.5 Å². The molecule has 3 amide bonds. The van der Waals surface area contributed by atoms with E-state index in [2.05, 4.69) is 21.3 Å². The molecule has 1 aliphatic heterocycles. The molecule has 1 heterocycles. The second-order valence-corrected chi connectivity index (χ2v) is 8.28. The highest BCUT2D eigenvalue weighted by Crippen LogP contribution is 2.12. The van der Waals surface area contributed by atoms with Crippen molar-refractivity contribution in [2.24, 2.45) is 11.8 Å². The quantitative estimate of drug-likeness (QED) is 0.333. The monoisotopic (exact) mass is 412 g/mol. The molecule has 0 radical (unpaired) electrons. The smallest absolute Gasteiger partial charge is 0.325 e. The molecule has 0 aliphatic carbocycles. The standard InChI is InChI=1S/C20H36N4O5/c1-6-12(4)16(19(27)22-13(5)20(28)29)24-18(26)15(10-11(2)3)23-17(25)14-8-7-9-21-14/h11-16,21H,6-10H2,1-5H3,(H,22,27)(H,23,25)(H,24,26)(H,28,29). The van der Waals surface area contributed by atoms with Crippen LogP contribution in [-0.2, 0) is 19.2 Å². The van der Waals surface area contributed by atoms with Crippen molar-refractivity contribution in [1.82, 2.24) is 21.3 Å². The highest BCUT2D eigenvalue weighted by Gasteiger charge is 2.32. The van der Waals surface area contributed by atoms with Gasteiger partial charge in [0.1, 0.15) is 18.1 Å². The van der Waals surface area contributed by atoms with Crippen molar-refractivity contribution in [3.05, 3.63) is 0 Å². The van der Waals surface area contributed by atoms with Crippen LogP contribution in [0.5, 0.6) is 0 Å². The van der Waals surface area contributed by atoms with Crippen molar-refractivity contribution in [3.8, 4) is 0 Å². The molecule has 1 rings (SSSR count). The summed E-state index contributed by atoms with van der Waals surface area (Å²) in [4.78, 5) is 49.0. The van der Waals surface area contributed by atoms with Crippen LogP contribution in [0.2, 0.25) is 0 Å². The molecule has 0 aromatic rings. The Morgan fingerprint density at radius 3 is 2.17 bits per heavy atom. The predicted molar refractivity (Wildman–Crippen MR) is 109 cm³/mol. The van der Waals surface area contributed by atoms with Crippen LogP contribution in [0.1, 0.15) is 60.3 Å². The van der Waals surface area contributed by atoms with Gasteiger partial charge in [0.15, 0.2) is 0 Å². The van der Waals surface area contributed by atoms with Gasteiger partial charge in [-0.1, -0.05) is 34.1 Å². The van der Waals surface area contributed by atoms with E-state index in [1.165, 1.54) is 6.92 Å². The first-order valence-electron chi connectivity index (χ1n) is 10.4. The van der Waals surface area contributed by atoms with E-state index in [1.807, 2.05) is 27.7 Å². The van der Waals surface area contributed by atoms with Gasteiger partial charge in [0.25, 0.3) is 0 Å². The lowest BCUT2D eigenvalue weighted by Crippen LogP contribution is -2.58. The van der Waals surface area contributed by atoms with Crippen LogP contribution < -0.4 is 21.3 Å². The summed E-state index contributed by atoms with van der Waals surface area (Å²) in [5, 5.41) is 20.1. The minimum Gasteiger partial charge on any atom is -0.480 e. The highest BCUT2D eigenvalue weighted by atomic mass is 16.4. The SMILES string of the molecule is CCC(C)C(NC(=O)C(CC(C)C)NC(=O)C1CCCN1)C(=O)NC(C)C(=O)O. The third kappa shape index (κ3) is 8.00. The summed E-state index contributed by atoms with van der Waals surface area (Å²) in [5.41, 5.74) is 0. The molecule has 29 heavy (non-hydrogen) atoms. The molecule has 1 fully saturated rings. The van der Waals surface area contributed by atoms with Gasteiger partial charge in [-0.3, -0.25) is 19.2 Å². The first-order chi connectivity index (χ1) is 13.6. The minimum atomic E-state index is -1.15. The molecular weight excluding hydrogens is 376 g/mol. The molecule has 5 unspecified atom stereocenters. The summed E-state index contributed by atoms with van der Waals surface area (Å²) >= 11 is 0. The van der Waals surface area contributed by atoms with E-state index in [1.54, 1.807) is 0 Å². The van der Waals surface area contributed by atoms with Gasteiger partial charge in [-0.05, 0) is 44.6 Å². The lowest BCUT2D eigenvalue weighted by Gasteiger charge is -2.28. The minimum absolute atomic E-state index is 0.158. The number of carbonyl (C=O) groups is 4. The number of hydrogen-bond acceptors (Lipinski definition) is 5. The molecule has 0 saturated carbocycles. The molecular formula is C20H36N4O5. The molecule has 0 aromatic heterocycles. The summed E-state index contributed by atoms with van der Waals surface area (Å²) in [7, 11) is 0. The molecule has 1 saturated heterocycles. The van der Waals surface area contributed by atoms with Crippen LogP contribution >= 0.6 is 0 Å². The topological polar surface area (TPSA) is 137 Å². The third-order valence-corrected chi connectivity index (χ3v) is 5.24. The summed E-state index contributed by atoms with van der Waals surface area (Å²) in [6.07, 6.45) is 2.70. The lowest BCUT2D eigenvalue weighted by atomic mass is 9.96. The van der Waals surface area contributed by atoms with Crippen LogP contribution in [0.25, 0.3) is 0 Å². The fraction of sp³-hybridized carbons (Fsp3) is 0.800. The maximum atomic E-state index is 12.9. The van der Waals surface area contributed by atoms with Gasteiger partial charge in [-0.2, -0.15) is 0 Å². The Kier molecular flexibility index (Phi) is 10.1. The van der Waals surface area contributed by atoms with Crippen LogP contribution in [0, 0.1) is 11.8 Å². The van der Waals surface area contributed by atoms with E-state index in [-0.39, 0.29) is 23.8 Å². The number of carboxylic acid groups (broad SMARTS) is 1. The van der Waals surface area contributed by atoms with Crippen molar-refractivity contribution in [2.45, 2.75) is 84.5 Å². The number of hydrogen-bond donors (Lipinski definition) is 5. The van der Waals surface area contributed by atoms with Crippen molar-refractivity contribution in [1.29, 1.82) is 0 Å². The number of amides is 3. The van der Waals surface area contributed by atoms with Gasteiger partial charge in [0.05, 0.1) is 6.04 Å². The second kappa shape index (κ2) is 11.7. The Morgan fingerprint density at radius 1 is 1.03 bits per heavy atom. The average Bonchev–Trinajstić information content (AvgIpc) is 3.18. The van der Waals surface area contributed by atoms with E-state index < -0.39 is 35.9 Å². The van der Waals surface area contributed by atoms with Crippen LogP contribution in [0.15, 0.2) is 0 Å². The first kappa shape index (κ1) is 24.9. The Hall–Kier alpha value is -2.16. The van der Waals surface area contributed by atoms with Gasteiger partial charge in [-0.25, -0.2) is 0 Å². The Bertz CT molecular complexity index is 589. The molecule has 166 valence electrons. The summed E-state index contributed by atoms with van der Waals surface area (Å²) in [5.74, 6) is -2.39. The van der Waals surface area contributed by atoms with Gasteiger partial charge < -0.3 is 26.4 Å². The van der Waals surface area contributed by atoms with E-state index >= 15 is 0 Å². The predicted octanol–water partition coefficient (Wildman–Crippen LogP) is 0.390. The molecule has 0 aromatic carbocycles. The van der Waals surface area contributed by atoms with E-state index in [0.29, 0.717) is 12.8 Å². The van der Waals surface area contributed by atoms with Crippen LogP contribution in [0.4, 0.5) is 0 Å². The normalized spacial score (nSPS) is 20.4. The van der Waals surface area contributed by atoms with Gasteiger partial charge in [0.2, 0.25) is 17.7 Å². The van der Waals surface area contributed by atoms with Crippen molar-refractivity contribution in [2.75, 3.05) is 6.54 Å². The van der Waals surface area contributed by atoms with Crippen molar-refractivity contribution < 1.29 is 24.3 Å². The number of aliphatic carboxylic acids is 1. The zero-order valence-corrected chi connectivity index (χ0v) is 18.1. The van der Waals surface area contributed by atoms with E-state index in [0.717, 1.165) is 19.4 Å². The second-order valence-electron chi connectivity index (χ2n) is 8.28. The Morgan fingerprint density at radius 2 is 1.69 bits per heavy atom. The Labute approximate surface area is 172 Å². The number of carbonyl (C=O) groups excluding carboxylic acids is 3. The number of carboxylic acids is 1. The van der Waals surface area contributed by atoms with Gasteiger partial charge in [0, 0.05) is 0 Å². The Balaban J connectivity index is 2.88. The third-order valence-electron chi connectivity index (χ3n) is 5.24. The number of rotatable bonds is 11. The molecule has 1 aliphatic rings. The largest absolute Gasteiger partial charge is 0.480 e. The maximum absolute atomic E-state index is 12.9. The molecule has 9 heteroatoms. The zero-order valence-electron chi connectivity index (χ0n) is 18.1. The highest BCUT2D eigenvalue weighted by molar-refractivity contribution is 5.94. The molecule has 9 nitrogen and oxygen atoms in total. The van der Waals surface area contributed by atoms with Crippen molar-refractivity contribution in [3.63, 3.8) is 0 Å². The number of nitrogens with one attached hydrogen (secondary N) is 4. The summed E-state index contributed by atoms with van der Waals surface area (Å²) in [6.45, 7) is 9.75. The molecule has 0 bridgehead atoms. The molecule has 0 spiro atoms. The average molecular weight is 413 g/mol. The maximum Gasteiger partial charge on any atom is 0.325 e. The van der Waals surface area contributed by atoms with Gasteiger partial charge in [-0.15, -0.1) is 0 Å². The fourth-order valence-electron chi connectivity index (χ4n) is 3.20. The first-order valence-corrected chi connectivity index (χ1v) is 10.4. The van der Waals surface area contributed by atoms with E-state index in [9.17, 15) is 19.2 Å². The van der Waals surface area contributed by atoms with Crippen LogP contribution in [0.3, 0.4) is 0 Å². The lowest BCUT2D eigenvalue weighted by molar-refractivity contribution is -0.142. The van der Waals surface area contributed by atoms with Crippen molar-refractivity contribution >= 4 is 23.7 Å². The molecule has 5 N–H and O–H groups in total. The summed E-state index contributed by atoms with van der Waals surface area (Å²) in [6, 6.07) is -3.01. The molecule has 5 atom stereocenters. The summed E-state index contributed by atoms with van der Waals surface area (Å²) < 4.78 is 0. The van der Waals surface area contributed by atoms with E-state index in [4.69, 9.17) is 5.11 Å².